The molecule has 0 bridgehead atoms. The minimum atomic E-state index is -4.39. The first-order chi connectivity index (χ1) is 8.99. The van der Waals surface area contributed by atoms with E-state index in [-0.39, 0.29) is 11.6 Å². The number of alkyl halides is 3. The molecule has 0 saturated heterocycles. The van der Waals surface area contributed by atoms with Gasteiger partial charge in [-0.3, -0.25) is 0 Å². The lowest BCUT2D eigenvalue weighted by atomic mass is 10.2. The summed E-state index contributed by atoms with van der Waals surface area (Å²) in [6.07, 6.45) is -2.88. The lowest BCUT2D eigenvalue weighted by Crippen LogP contribution is -2.04. The van der Waals surface area contributed by atoms with Crippen LogP contribution < -0.4 is 10.5 Å². The third kappa shape index (κ3) is 3.45. The summed E-state index contributed by atoms with van der Waals surface area (Å²) in [6.45, 7) is 0.344. The Hall–Kier alpha value is -2.08. The SMILES string of the molecule is NCc1ccc(Oc2cccc(C(F)(F)F)c2)nc1. The number of hydrogen-bond acceptors (Lipinski definition) is 3. The van der Waals surface area contributed by atoms with Crippen LogP contribution in [0.25, 0.3) is 0 Å². The van der Waals surface area contributed by atoms with Gasteiger partial charge in [-0.2, -0.15) is 13.2 Å². The largest absolute Gasteiger partial charge is 0.439 e. The normalized spacial score (nSPS) is 11.4. The molecule has 6 heteroatoms. The maximum Gasteiger partial charge on any atom is 0.416 e. The second-order valence-electron chi connectivity index (χ2n) is 3.84. The lowest BCUT2D eigenvalue weighted by Gasteiger charge is -2.09. The van der Waals surface area contributed by atoms with Crippen molar-refractivity contribution in [2.45, 2.75) is 12.7 Å². The number of aromatic nitrogens is 1. The molecule has 0 saturated carbocycles. The molecule has 3 nitrogen and oxygen atoms in total. The molecular weight excluding hydrogens is 257 g/mol. The van der Waals surface area contributed by atoms with Gasteiger partial charge in [0, 0.05) is 18.8 Å². The van der Waals surface area contributed by atoms with Gasteiger partial charge in [0.1, 0.15) is 5.75 Å². The number of nitrogens with two attached hydrogens (primary N) is 1. The van der Waals surface area contributed by atoms with Crippen molar-refractivity contribution in [3.63, 3.8) is 0 Å². The first-order valence-electron chi connectivity index (χ1n) is 5.49. The third-order valence-corrected chi connectivity index (χ3v) is 2.42. The molecule has 1 heterocycles. The van der Waals surface area contributed by atoms with E-state index in [4.69, 9.17) is 10.5 Å². The van der Waals surface area contributed by atoms with E-state index in [1.807, 2.05) is 0 Å². The topological polar surface area (TPSA) is 48.1 Å². The number of ether oxygens (including phenoxy) is 1. The average molecular weight is 268 g/mol. The van der Waals surface area contributed by atoms with Gasteiger partial charge in [-0.05, 0) is 23.8 Å². The Balaban J connectivity index is 2.18. The van der Waals surface area contributed by atoms with E-state index in [0.717, 1.165) is 17.7 Å². The maximum absolute atomic E-state index is 12.5. The summed E-state index contributed by atoms with van der Waals surface area (Å²) < 4.78 is 42.8. The zero-order valence-corrected chi connectivity index (χ0v) is 9.82. The van der Waals surface area contributed by atoms with Crippen molar-refractivity contribution in [2.24, 2.45) is 5.73 Å². The zero-order valence-electron chi connectivity index (χ0n) is 9.82. The number of pyridine rings is 1. The molecule has 0 amide bonds. The summed E-state index contributed by atoms with van der Waals surface area (Å²) in [5.41, 5.74) is 5.47. The smallest absolute Gasteiger partial charge is 0.416 e. The molecule has 2 rings (SSSR count). The Kier molecular flexibility index (Phi) is 3.71. The Labute approximate surface area is 107 Å². The fourth-order valence-corrected chi connectivity index (χ4v) is 1.45. The van der Waals surface area contributed by atoms with Crippen LogP contribution in [0.3, 0.4) is 0 Å². The molecule has 0 aliphatic carbocycles. The van der Waals surface area contributed by atoms with Crippen molar-refractivity contribution in [3.05, 3.63) is 53.7 Å². The Bertz CT molecular complexity index is 553. The minimum absolute atomic E-state index is 0.0859. The lowest BCUT2D eigenvalue weighted by molar-refractivity contribution is -0.137. The van der Waals surface area contributed by atoms with Gasteiger partial charge in [0.05, 0.1) is 5.56 Å². The predicted molar refractivity (Wildman–Crippen MR) is 63.6 cm³/mol. The molecule has 2 aromatic rings. The Morgan fingerprint density at radius 1 is 1.16 bits per heavy atom. The summed E-state index contributed by atoms with van der Waals surface area (Å²) in [7, 11) is 0. The van der Waals surface area contributed by atoms with E-state index >= 15 is 0 Å². The summed E-state index contributed by atoms with van der Waals surface area (Å²) in [6, 6.07) is 7.90. The van der Waals surface area contributed by atoms with Gasteiger partial charge in [0.2, 0.25) is 5.88 Å². The predicted octanol–water partition coefficient (Wildman–Crippen LogP) is 3.35. The van der Waals surface area contributed by atoms with E-state index in [9.17, 15) is 13.2 Å². The summed E-state index contributed by atoms with van der Waals surface area (Å²) in [4.78, 5) is 3.95. The molecule has 0 spiro atoms. The zero-order chi connectivity index (χ0) is 13.9. The van der Waals surface area contributed by atoms with Gasteiger partial charge in [-0.15, -0.1) is 0 Å². The molecule has 0 unspecified atom stereocenters. The monoisotopic (exact) mass is 268 g/mol. The number of hydrogen-bond donors (Lipinski definition) is 1. The van der Waals surface area contributed by atoms with Gasteiger partial charge in [0.25, 0.3) is 0 Å². The molecule has 0 aliphatic rings. The number of benzene rings is 1. The molecule has 0 radical (unpaired) electrons. The number of halogens is 3. The maximum atomic E-state index is 12.5. The van der Waals surface area contributed by atoms with Gasteiger partial charge in [0.15, 0.2) is 0 Å². The highest BCUT2D eigenvalue weighted by atomic mass is 19.4. The van der Waals surface area contributed by atoms with Crippen molar-refractivity contribution < 1.29 is 17.9 Å². The summed E-state index contributed by atoms with van der Waals surface area (Å²) >= 11 is 0. The fraction of sp³-hybridized carbons (Fsp3) is 0.154. The first-order valence-corrected chi connectivity index (χ1v) is 5.49. The van der Waals surface area contributed by atoms with Crippen molar-refractivity contribution in [1.82, 2.24) is 4.98 Å². The highest BCUT2D eigenvalue weighted by molar-refractivity contribution is 5.33. The fourth-order valence-electron chi connectivity index (χ4n) is 1.45. The van der Waals surface area contributed by atoms with Crippen LogP contribution in [0.5, 0.6) is 11.6 Å². The molecule has 0 atom stereocenters. The van der Waals surface area contributed by atoms with Crippen LogP contribution in [0, 0.1) is 0 Å². The highest BCUT2D eigenvalue weighted by Gasteiger charge is 2.30. The van der Waals surface area contributed by atoms with Crippen LogP contribution in [0.2, 0.25) is 0 Å². The van der Waals surface area contributed by atoms with Crippen LogP contribution in [0.4, 0.5) is 13.2 Å². The van der Waals surface area contributed by atoms with Crippen molar-refractivity contribution in [3.8, 4) is 11.6 Å². The van der Waals surface area contributed by atoms with Gasteiger partial charge in [-0.1, -0.05) is 12.1 Å². The Morgan fingerprint density at radius 3 is 2.53 bits per heavy atom. The third-order valence-electron chi connectivity index (χ3n) is 2.42. The van der Waals surface area contributed by atoms with E-state index in [1.54, 1.807) is 12.1 Å². The van der Waals surface area contributed by atoms with E-state index in [2.05, 4.69) is 4.98 Å². The quantitative estimate of drug-likeness (QED) is 0.928. The van der Waals surface area contributed by atoms with E-state index < -0.39 is 11.7 Å². The first kappa shape index (κ1) is 13.4. The van der Waals surface area contributed by atoms with Crippen LogP contribution in [-0.4, -0.2) is 4.98 Å². The molecule has 100 valence electrons. The number of nitrogens with zero attached hydrogens (tertiary/aromatic N) is 1. The molecule has 1 aromatic carbocycles. The van der Waals surface area contributed by atoms with Gasteiger partial charge >= 0.3 is 6.18 Å². The minimum Gasteiger partial charge on any atom is -0.439 e. The molecule has 0 aliphatic heterocycles. The standard InChI is InChI=1S/C13H11F3N2O/c14-13(15,16)10-2-1-3-11(6-10)19-12-5-4-9(7-17)8-18-12/h1-6,8H,7,17H2. The van der Waals surface area contributed by atoms with Crippen LogP contribution in [0.15, 0.2) is 42.6 Å². The number of rotatable bonds is 3. The van der Waals surface area contributed by atoms with Crippen LogP contribution in [-0.2, 0) is 12.7 Å². The molecule has 19 heavy (non-hydrogen) atoms. The highest BCUT2D eigenvalue weighted by Crippen LogP contribution is 2.32. The van der Waals surface area contributed by atoms with E-state index in [0.29, 0.717) is 6.54 Å². The summed E-state index contributed by atoms with van der Waals surface area (Å²) in [5, 5.41) is 0. The molecular formula is C13H11F3N2O. The molecule has 0 fully saturated rings. The van der Waals surface area contributed by atoms with Crippen molar-refractivity contribution in [1.29, 1.82) is 0 Å². The van der Waals surface area contributed by atoms with E-state index in [1.165, 1.54) is 18.3 Å². The Morgan fingerprint density at radius 2 is 1.95 bits per heavy atom. The summed E-state index contributed by atoms with van der Waals surface area (Å²) in [5.74, 6) is 0.305. The van der Waals surface area contributed by atoms with Gasteiger partial charge in [-0.25, -0.2) is 4.98 Å². The van der Waals surface area contributed by atoms with Crippen LogP contribution in [0.1, 0.15) is 11.1 Å². The van der Waals surface area contributed by atoms with Crippen molar-refractivity contribution in [2.75, 3.05) is 0 Å². The average Bonchev–Trinajstić information content (AvgIpc) is 2.39. The second kappa shape index (κ2) is 5.27. The van der Waals surface area contributed by atoms with Crippen molar-refractivity contribution >= 4 is 0 Å². The van der Waals surface area contributed by atoms with Gasteiger partial charge < -0.3 is 10.5 Å². The van der Waals surface area contributed by atoms with Crippen LogP contribution >= 0.6 is 0 Å². The molecule has 1 aromatic heterocycles. The molecule has 2 N–H and O–H groups in total. The second-order valence-corrected chi connectivity index (χ2v) is 3.84.